The summed E-state index contributed by atoms with van der Waals surface area (Å²) in [4.78, 5) is 21.6. The summed E-state index contributed by atoms with van der Waals surface area (Å²) in [7, 11) is 0. The molecule has 0 saturated carbocycles. The fraction of sp³-hybridized carbons (Fsp3) is 0.708. The molecule has 32 heavy (non-hydrogen) atoms. The summed E-state index contributed by atoms with van der Waals surface area (Å²) in [6, 6.07) is 2.44. The second-order valence-electron chi connectivity index (χ2n) is 9.54. The number of carbonyl (C=O) groups excluding carboxylic acids is 1. The van der Waals surface area contributed by atoms with Gasteiger partial charge in [-0.2, -0.15) is 5.26 Å². The number of amides is 1. The number of aromatic nitrogens is 1. The Bertz CT molecular complexity index is 881. The molecule has 0 aliphatic carbocycles. The summed E-state index contributed by atoms with van der Waals surface area (Å²) < 4.78 is 11.6. The molecule has 1 amide bonds. The lowest BCUT2D eigenvalue weighted by atomic mass is 9.87. The smallest absolute Gasteiger partial charge is 0.236 e. The number of carbonyl (C=O) groups is 1. The van der Waals surface area contributed by atoms with Crippen molar-refractivity contribution >= 4 is 11.7 Å². The molecule has 0 radical (unpaired) electrons. The van der Waals surface area contributed by atoms with E-state index in [1.54, 1.807) is 0 Å². The standard InChI is InChI=1S/C24H35N5O3/c1-4-21-20-16-32-24(2,3)12-18(20)19(13-25)23(27-21)29-9-7-28(8-10-29)22(30)15-26-14-17-6-5-11-31-17/h17,26H,4-12,14-16H2,1-3H3. The quantitative estimate of drug-likeness (QED) is 0.720. The van der Waals surface area contributed by atoms with Crippen LogP contribution in [0.3, 0.4) is 0 Å². The van der Waals surface area contributed by atoms with Gasteiger partial charge in [-0.15, -0.1) is 0 Å². The van der Waals surface area contributed by atoms with Crippen LogP contribution in [0, 0.1) is 11.3 Å². The number of hydrogen-bond donors (Lipinski definition) is 1. The number of anilines is 1. The summed E-state index contributed by atoms with van der Waals surface area (Å²) in [5.41, 5.74) is 3.57. The molecule has 2 saturated heterocycles. The van der Waals surface area contributed by atoms with Gasteiger partial charge < -0.3 is 24.6 Å². The normalized spacial score (nSPS) is 22.5. The molecule has 3 aliphatic heterocycles. The van der Waals surface area contributed by atoms with E-state index in [4.69, 9.17) is 14.5 Å². The molecule has 0 aromatic carbocycles. The summed E-state index contributed by atoms with van der Waals surface area (Å²) in [6.45, 7) is 11.3. The fourth-order valence-electron chi connectivity index (χ4n) is 4.88. The van der Waals surface area contributed by atoms with Crippen molar-refractivity contribution in [2.75, 3.05) is 50.8 Å². The van der Waals surface area contributed by atoms with Crippen molar-refractivity contribution in [1.29, 1.82) is 5.26 Å². The van der Waals surface area contributed by atoms with Crippen LogP contribution >= 0.6 is 0 Å². The number of fused-ring (bicyclic) bond motifs is 1. The van der Waals surface area contributed by atoms with Crippen molar-refractivity contribution in [1.82, 2.24) is 15.2 Å². The molecule has 1 unspecified atom stereocenters. The monoisotopic (exact) mass is 441 g/mol. The Kier molecular flexibility index (Phi) is 6.99. The van der Waals surface area contributed by atoms with Crippen LogP contribution in [0.1, 0.15) is 56.0 Å². The predicted octanol–water partition coefficient (Wildman–Crippen LogP) is 1.78. The first-order chi connectivity index (χ1) is 15.4. The van der Waals surface area contributed by atoms with Gasteiger partial charge in [0, 0.05) is 57.0 Å². The Morgan fingerprint density at radius 3 is 2.72 bits per heavy atom. The van der Waals surface area contributed by atoms with Gasteiger partial charge in [-0.25, -0.2) is 4.98 Å². The van der Waals surface area contributed by atoms with Crippen molar-refractivity contribution < 1.29 is 14.3 Å². The SMILES string of the molecule is CCc1nc(N2CCN(C(=O)CNCC3CCCO3)CC2)c(C#N)c2c1COC(C)(C)C2. The Balaban J connectivity index is 1.42. The highest BCUT2D eigenvalue weighted by atomic mass is 16.5. The van der Waals surface area contributed by atoms with Crippen LogP contribution in [0.25, 0.3) is 0 Å². The van der Waals surface area contributed by atoms with Crippen LogP contribution in [0.4, 0.5) is 5.82 Å². The van der Waals surface area contributed by atoms with E-state index >= 15 is 0 Å². The molecular weight excluding hydrogens is 406 g/mol. The molecule has 1 atom stereocenters. The Hall–Kier alpha value is -2.21. The number of nitriles is 1. The van der Waals surface area contributed by atoms with Gasteiger partial charge in [0.2, 0.25) is 5.91 Å². The fourth-order valence-corrected chi connectivity index (χ4v) is 4.88. The van der Waals surface area contributed by atoms with Gasteiger partial charge in [0.25, 0.3) is 0 Å². The first-order valence-electron chi connectivity index (χ1n) is 11.9. The zero-order valence-corrected chi connectivity index (χ0v) is 19.6. The summed E-state index contributed by atoms with van der Waals surface area (Å²) in [5, 5.41) is 13.3. The van der Waals surface area contributed by atoms with Gasteiger partial charge in [-0.3, -0.25) is 4.79 Å². The molecule has 8 nitrogen and oxygen atoms in total. The number of aryl methyl sites for hydroxylation is 1. The molecule has 1 aromatic heterocycles. The van der Waals surface area contributed by atoms with Crippen LogP contribution < -0.4 is 10.2 Å². The van der Waals surface area contributed by atoms with Crippen LogP contribution in [0.2, 0.25) is 0 Å². The number of rotatable bonds is 6. The van der Waals surface area contributed by atoms with Crippen LogP contribution in [-0.2, 0) is 33.7 Å². The molecule has 0 bridgehead atoms. The molecule has 4 rings (SSSR count). The van der Waals surface area contributed by atoms with E-state index in [-0.39, 0.29) is 17.6 Å². The van der Waals surface area contributed by atoms with E-state index in [1.807, 2.05) is 4.90 Å². The second-order valence-corrected chi connectivity index (χ2v) is 9.54. The van der Waals surface area contributed by atoms with Crippen molar-refractivity contribution in [3.63, 3.8) is 0 Å². The predicted molar refractivity (Wildman–Crippen MR) is 122 cm³/mol. The minimum atomic E-state index is -0.288. The topological polar surface area (TPSA) is 90.7 Å². The zero-order chi connectivity index (χ0) is 22.7. The largest absolute Gasteiger partial charge is 0.377 e. The lowest BCUT2D eigenvalue weighted by molar-refractivity contribution is -0.130. The number of hydrogen-bond acceptors (Lipinski definition) is 7. The molecule has 2 fully saturated rings. The Labute approximate surface area is 190 Å². The molecule has 3 aliphatic rings. The average molecular weight is 442 g/mol. The van der Waals surface area contributed by atoms with Crippen LogP contribution in [0.5, 0.6) is 0 Å². The lowest BCUT2D eigenvalue weighted by Gasteiger charge is -2.38. The maximum absolute atomic E-state index is 12.6. The van der Waals surface area contributed by atoms with Crippen molar-refractivity contribution in [3.8, 4) is 6.07 Å². The average Bonchev–Trinajstić information content (AvgIpc) is 3.31. The number of nitrogens with zero attached hydrogens (tertiary/aromatic N) is 4. The second kappa shape index (κ2) is 9.74. The molecule has 1 N–H and O–H groups in total. The lowest BCUT2D eigenvalue weighted by Crippen LogP contribution is -2.51. The zero-order valence-electron chi connectivity index (χ0n) is 19.6. The Morgan fingerprint density at radius 1 is 1.28 bits per heavy atom. The maximum atomic E-state index is 12.6. The Morgan fingerprint density at radius 2 is 2.06 bits per heavy atom. The van der Waals surface area contributed by atoms with E-state index < -0.39 is 0 Å². The first kappa shape index (κ1) is 23.0. The molecular formula is C24H35N5O3. The molecule has 174 valence electrons. The minimum absolute atomic E-state index is 0.120. The highest BCUT2D eigenvalue weighted by Gasteiger charge is 2.33. The number of nitrogens with one attached hydrogen (secondary N) is 1. The third-order valence-corrected chi connectivity index (χ3v) is 6.74. The third kappa shape index (κ3) is 4.90. The van der Waals surface area contributed by atoms with E-state index in [0.717, 1.165) is 55.1 Å². The summed E-state index contributed by atoms with van der Waals surface area (Å²) in [6.07, 6.45) is 3.93. The maximum Gasteiger partial charge on any atom is 0.236 e. The van der Waals surface area contributed by atoms with E-state index in [2.05, 4.69) is 37.1 Å². The molecule has 1 aromatic rings. The number of ether oxygens (including phenoxy) is 2. The van der Waals surface area contributed by atoms with Gasteiger partial charge in [-0.1, -0.05) is 6.92 Å². The van der Waals surface area contributed by atoms with Gasteiger partial charge in [0.05, 0.1) is 30.4 Å². The van der Waals surface area contributed by atoms with Gasteiger partial charge in [0.1, 0.15) is 11.9 Å². The molecule has 8 heteroatoms. The number of piperazine rings is 1. The van der Waals surface area contributed by atoms with Crippen molar-refractivity contribution in [2.24, 2.45) is 0 Å². The van der Waals surface area contributed by atoms with E-state index in [0.29, 0.717) is 51.3 Å². The highest BCUT2D eigenvalue weighted by Crippen LogP contribution is 2.35. The minimum Gasteiger partial charge on any atom is -0.377 e. The van der Waals surface area contributed by atoms with Gasteiger partial charge in [0.15, 0.2) is 0 Å². The van der Waals surface area contributed by atoms with Crippen LogP contribution in [-0.4, -0.2) is 73.4 Å². The number of pyridine rings is 1. The van der Waals surface area contributed by atoms with Crippen molar-refractivity contribution in [2.45, 2.75) is 64.8 Å². The van der Waals surface area contributed by atoms with E-state index in [1.165, 1.54) is 0 Å². The summed E-state index contributed by atoms with van der Waals surface area (Å²) >= 11 is 0. The first-order valence-corrected chi connectivity index (χ1v) is 11.9. The van der Waals surface area contributed by atoms with Crippen molar-refractivity contribution in [3.05, 3.63) is 22.4 Å². The van der Waals surface area contributed by atoms with Gasteiger partial charge in [-0.05, 0) is 38.7 Å². The van der Waals surface area contributed by atoms with E-state index in [9.17, 15) is 10.1 Å². The third-order valence-electron chi connectivity index (χ3n) is 6.74. The molecule has 0 spiro atoms. The van der Waals surface area contributed by atoms with Gasteiger partial charge >= 0.3 is 0 Å². The van der Waals surface area contributed by atoms with Crippen LogP contribution in [0.15, 0.2) is 0 Å². The highest BCUT2D eigenvalue weighted by molar-refractivity contribution is 5.78. The molecule has 4 heterocycles. The summed E-state index contributed by atoms with van der Waals surface area (Å²) in [5.74, 6) is 0.888.